The second kappa shape index (κ2) is 7.14. The minimum Gasteiger partial charge on any atom is -0.268 e. The van der Waals surface area contributed by atoms with Crippen LogP contribution in [0.4, 0.5) is 5.69 Å². The standard InChI is InChI=1S/C25H17NOS2/c1-16-8-2-7-13-22(16)26-24(27)23(29-25(26)28)15-21-19-11-5-3-9-17(19)14-18-10-4-6-12-20(18)21/h2-15H,1H3. The summed E-state index contributed by atoms with van der Waals surface area (Å²) >= 11 is 6.94. The number of thioether (sulfide) groups is 1. The largest absolute Gasteiger partial charge is 0.270 e. The minimum atomic E-state index is -0.0636. The molecule has 4 aromatic rings. The Balaban J connectivity index is 1.69. The summed E-state index contributed by atoms with van der Waals surface area (Å²) in [6.07, 6.45) is 2.00. The van der Waals surface area contributed by atoms with Gasteiger partial charge in [-0.3, -0.25) is 9.69 Å². The van der Waals surface area contributed by atoms with Gasteiger partial charge in [0.25, 0.3) is 5.91 Å². The molecule has 4 heteroatoms. The third-order valence-corrected chi connectivity index (χ3v) is 6.54. The van der Waals surface area contributed by atoms with Crippen LogP contribution in [0.2, 0.25) is 0 Å². The number of hydrogen-bond acceptors (Lipinski definition) is 3. The quantitative estimate of drug-likeness (QED) is 0.208. The normalized spacial score (nSPS) is 15.8. The zero-order valence-electron chi connectivity index (χ0n) is 15.8. The van der Waals surface area contributed by atoms with Gasteiger partial charge < -0.3 is 0 Å². The zero-order chi connectivity index (χ0) is 20.0. The van der Waals surface area contributed by atoms with Gasteiger partial charge >= 0.3 is 0 Å². The smallest absolute Gasteiger partial charge is 0.268 e. The average Bonchev–Trinajstić information content (AvgIpc) is 3.01. The van der Waals surface area contributed by atoms with Gasteiger partial charge in [0.1, 0.15) is 0 Å². The van der Waals surface area contributed by atoms with E-state index in [0.717, 1.165) is 38.4 Å². The molecule has 0 radical (unpaired) electrons. The molecule has 1 saturated heterocycles. The summed E-state index contributed by atoms with van der Waals surface area (Å²) in [6, 6.07) is 26.6. The van der Waals surface area contributed by atoms with Gasteiger partial charge in [0.05, 0.1) is 10.6 Å². The number of thiocarbonyl (C=S) groups is 1. The molecular formula is C25H17NOS2. The topological polar surface area (TPSA) is 20.3 Å². The lowest BCUT2D eigenvalue weighted by Gasteiger charge is -2.16. The number of aryl methyl sites for hydroxylation is 1. The summed E-state index contributed by atoms with van der Waals surface area (Å²) < 4.78 is 0.570. The van der Waals surface area contributed by atoms with Crippen molar-refractivity contribution in [1.29, 1.82) is 0 Å². The molecule has 1 heterocycles. The summed E-state index contributed by atoms with van der Waals surface area (Å²) in [7, 11) is 0. The molecule has 1 fully saturated rings. The summed E-state index contributed by atoms with van der Waals surface area (Å²) in [6.45, 7) is 2.00. The second-order valence-electron chi connectivity index (χ2n) is 7.04. The van der Waals surface area contributed by atoms with E-state index < -0.39 is 0 Å². The Morgan fingerprint density at radius 3 is 2.10 bits per heavy atom. The van der Waals surface area contributed by atoms with E-state index in [0.29, 0.717) is 9.23 Å². The molecule has 1 amide bonds. The van der Waals surface area contributed by atoms with Crippen molar-refractivity contribution in [2.24, 2.45) is 0 Å². The maximum atomic E-state index is 13.3. The van der Waals surface area contributed by atoms with Gasteiger partial charge in [-0.25, -0.2) is 0 Å². The Kier molecular flexibility index (Phi) is 4.46. The summed E-state index contributed by atoms with van der Waals surface area (Å²) in [5, 5.41) is 4.58. The molecule has 4 aromatic carbocycles. The maximum absolute atomic E-state index is 13.3. The Morgan fingerprint density at radius 2 is 1.45 bits per heavy atom. The fourth-order valence-electron chi connectivity index (χ4n) is 3.83. The third kappa shape index (κ3) is 3.05. The fourth-order valence-corrected chi connectivity index (χ4v) is 5.09. The molecule has 5 rings (SSSR count). The van der Waals surface area contributed by atoms with Gasteiger partial charge in [0, 0.05) is 0 Å². The molecule has 0 N–H and O–H groups in total. The van der Waals surface area contributed by atoms with Crippen LogP contribution >= 0.6 is 24.0 Å². The number of carbonyl (C=O) groups excluding carboxylic acids is 1. The van der Waals surface area contributed by atoms with Crippen molar-refractivity contribution >= 4 is 67.5 Å². The highest BCUT2D eigenvalue weighted by atomic mass is 32.2. The van der Waals surface area contributed by atoms with Crippen LogP contribution in [0, 0.1) is 6.92 Å². The first kappa shape index (κ1) is 18.1. The first-order valence-corrected chi connectivity index (χ1v) is 10.6. The predicted molar refractivity (Wildman–Crippen MR) is 128 cm³/mol. The first-order chi connectivity index (χ1) is 14.1. The Bertz CT molecular complexity index is 1290. The monoisotopic (exact) mass is 411 g/mol. The third-order valence-electron chi connectivity index (χ3n) is 5.24. The molecule has 1 aliphatic heterocycles. The highest BCUT2D eigenvalue weighted by Crippen LogP contribution is 2.39. The van der Waals surface area contributed by atoms with Gasteiger partial charge in [-0.1, -0.05) is 90.7 Å². The molecule has 0 bridgehead atoms. The van der Waals surface area contributed by atoms with Crippen molar-refractivity contribution in [3.05, 3.63) is 94.9 Å². The summed E-state index contributed by atoms with van der Waals surface area (Å²) in [5.74, 6) is -0.0636. The van der Waals surface area contributed by atoms with Crippen molar-refractivity contribution in [2.75, 3.05) is 4.90 Å². The van der Waals surface area contributed by atoms with Crippen molar-refractivity contribution in [3.63, 3.8) is 0 Å². The number of carbonyl (C=O) groups is 1. The molecule has 0 aliphatic carbocycles. The minimum absolute atomic E-state index is 0.0636. The van der Waals surface area contributed by atoms with E-state index in [9.17, 15) is 4.79 Å². The van der Waals surface area contributed by atoms with Crippen LogP contribution in [-0.4, -0.2) is 10.2 Å². The van der Waals surface area contributed by atoms with Crippen molar-refractivity contribution in [1.82, 2.24) is 0 Å². The van der Waals surface area contributed by atoms with E-state index in [1.807, 2.05) is 61.5 Å². The number of hydrogen-bond donors (Lipinski definition) is 0. The molecule has 0 unspecified atom stereocenters. The summed E-state index contributed by atoms with van der Waals surface area (Å²) in [5.41, 5.74) is 2.94. The van der Waals surface area contributed by atoms with E-state index >= 15 is 0 Å². The van der Waals surface area contributed by atoms with Gasteiger partial charge in [-0.15, -0.1) is 0 Å². The number of rotatable bonds is 2. The summed E-state index contributed by atoms with van der Waals surface area (Å²) in [4.78, 5) is 15.6. The van der Waals surface area contributed by atoms with Crippen LogP contribution in [0.15, 0.2) is 83.8 Å². The van der Waals surface area contributed by atoms with Gasteiger partial charge in [0.15, 0.2) is 4.32 Å². The molecular weight excluding hydrogens is 394 g/mol. The van der Waals surface area contributed by atoms with Crippen LogP contribution in [0.5, 0.6) is 0 Å². The Hall–Kier alpha value is -2.95. The highest BCUT2D eigenvalue weighted by Gasteiger charge is 2.34. The molecule has 0 aromatic heterocycles. The molecule has 2 nitrogen and oxygen atoms in total. The number of amides is 1. The van der Waals surface area contributed by atoms with E-state index in [1.165, 1.54) is 11.8 Å². The molecule has 29 heavy (non-hydrogen) atoms. The molecule has 0 spiro atoms. The molecule has 0 atom stereocenters. The highest BCUT2D eigenvalue weighted by molar-refractivity contribution is 8.27. The van der Waals surface area contributed by atoms with Crippen LogP contribution in [0.25, 0.3) is 27.6 Å². The van der Waals surface area contributed by atoms with Crippen LogP contribution in [-0.2, 0) is 4.79 Å². The SMILES string of the molecule is Cc1ccccc1N1C(=O)C(=Cc2c3ccccc3cc3ccccc23)SC1=S. The number of fused-ring (bicyclic) bond motifs is 2. The van der Waals surface area contributed by atoms with Crippen molar-refractivity contribution in [2.45, 2.75) is 6.92 Å². The Labute approximate surface area is 178 Å². The zero-order valence-corrected chi connectivity index (χ0v) is 17.4. The molecule has 140 valence electrons. The number of para-hydroxylation sites is 1. The van der Waals surface area contributed by atoms with Gasteiger partial charge in [-0.2, -0.15) is 0 Å². The van der Waals surface area contributed by atoms with E-state index in [2.05, 4.69) is 30.3 Å². The predicted octanol–water partition coefficient (Wildman–Crippen LogP) is 6.71. The average molecular weight is 412 g/mol. The van der Waals surface area contributed by atoms with Gasteiger partial charge in [-0.05, 0) is 57.8 Å². The lowest BCUT2D eigenvalue weighted by Crippen LogP contribution is -2.28. The maximum Gasteiger partial charge on any atom is 0.270 e. The van der Waals surface area contributed by atoms with Crippen molar-refractivity contribution in [3.8, 4) is 0 Å². The number of benzene rings is 4. The number of anilines is 1. The molecule has 1 aliphatic rings. The van der Waals surface area contributed by atoms with Crippen LogP contribution in [0.1, 0.15) is 11.1 Å². The fraction of sp³-hybridized carbons (Fsp3) is 0.0400. The van der Waals surface area contributed by atoms with Crippen molar-refractivity contribution < 1.29 is 4.79 Å². The van der Waals surface area contributed by atoms with E-state index in [-0.39, 0.29) is 5.91 Å². The number of nitrogens with zero attached hydrogens (tertiary/aromatic N) is 1. The second-order valence-corrected chi connectivity index (χ2v) is 8.71. The lowest BCUT2D eigenvalue weighted by atomic mass is 9.96. The van der Waals surface area contributed by atoms with Crippen LogP contribution < -0.4 is 4.90 Å². The lowest BCUT2D eigenvalue weighted by molar-refractivity contribution is -0.113. The van der Waals surface area contributed by atoms with E-state index in [4.69, 9.17) is 12.2 Å². The van der Waals surface area contributed by atoms with Gasteiger partial charge in [0.2, 0.25) is 0 Å². The first-order valence-electron chi connectivity index (χ1n) is 9.37. The van der Waals surface area contributed by atoms with E-state index in [1.54, 1.807) is 4.90 Å². The molecule has 0 saturated carbocycles. The van der Waals surface area contributed by atoms with Crippen LogP contribution in [0.3, 0.4) is 0 Å². The Morgan fingerprint density at radius 1 is 0.862 bits per heavy atom.